The molecular weight excluding hydrogens is 152 g/mol. The fourth-order valence-corrected chi connectivity index (χ4v) is 1.22. The lowest BCUT2D eigenvalue weighted by atomic mass is 9.90. The molecule has 0 rings (SSSR count). The monoisotopic (exact) mass is 172 g/mol. The molecule has 0 spiro atoms. The van der Waals surface area contributed by atoms with E-state index < -0.39 is 0 Å². The minimum absolute atomic E-state index is 0.522. The molecule has 0 radical (unpaired) electrons. The minimum atomic E-state index is 0.522. The Balaban J connectivity index is 3.30. The zero-order valence-electron chi connectivity index (χ0n) is 8.38. The Bertz CT molecular complexity index is 112. The SMILES string of the molecule is CCC(C)C(C)CCCOC=O. The van der Waals surface area contributed by atoms with Crippen LogP contribution >= 0.6 is 0 Å². The van der Waals surface area contributed by atoms with E-state index in [1.165, 1.54) is 6.42 Å². The first-order valence-electron chi connectivity index (χ1n) is 4.77. The van der Waals surface area contributed by atoms with E-state index in [9.17, 15) is 4.79 Å². The largest absolute Gasteiger partial charge is 0.468 e. The van der Waals surface area contributed by atoms with Crippen molar-refractivity contribution in [1.29, 1.82) is 0 Å². The molecule has 0 bridgehead atoms. The summed E-state index contributed by atoms with van der Waals surface area (Å²) < 4.78 is 4.62. The molecule has 0 heterocycles. The molecule has 2 nitrogen and oxygen atoms in total. The molecule has 0 aromatic heterocycles. The van der Waals surface area contributed by atoms with E-state index in [0.29, 0.717) is 13.1 Å². The van der Waals surface area contributed by atoms with Crippen LogP contribution in [-0.4, -0.2) is 13.1 Å². The van der Waals surface area contributed by atoms with Crippen LogP contribution in [0.1, 0.15) is 40.0 Å². The van der Waals surface area contributed by atoms with Crippen molar-refractivity contribution >= 4 is 6.47 Å². The molecule has 2 atom stereocenters. The highest BCUT2D eigenvalue weighted by Gasteiger charge is 2.08. The first-order chi connectivity index (χ1) is 5.72. The molecule has 0 aliphatic rings. The molecule has 72 valence electrons. The minimum Gasteiger partial charge on any atom is -0.468 e. The summed E-state index contributed by atoms with van der Waals surface area (Å²) in [5.74, 6) is 1.52. The van der Waals surface area contributed by atoms with E-state index in [1.54, 1.807) is 0 Å². The quantitative estimate of drug-likeness (QED) is 0.436. The van der Waals surface area contributed by atoms with Gasteiger partial charge in [0, 0.05) is 0 Å². The van der Waals surface area contributed by atoms with Gasteiger partial charge in [0.1, 0.15) is 0 Å². The topological polar surface area (TPSA) is 26.3 Å². The first kappa shape index (κ1) is 11.5. The second kappa shape index (κ2) is 7.14. The third-order valence-corrected chi connectivity index (χ3v) is 2.61. The van der Waals surface area contributed by atoms with Crippen molar-refractivity contribution in [1.82, 2.24) is 0 Å². The predicted octanol–water partition coefficient (Wildman–Crippen LogP) is 2.62. The fourth-order valence-electron chi connectivity index (χ4n) is 1.22. The van der Waals surface area contributed by atoms with Crippen LogP contribution in [0.5, 0.6) is 0 Å². The van der Waals surface area contributed by atoms with Gasteiger partial charge in [-0.3, -0.25) is 4.79 Å². The number of hydrogen-bond donors (Lipinski definition) is 0. The summed E-state index contributed by atoms with van der Waals surface area (Å²) in [4.78, 5) is 9.82. The number of ether oxygens (including phenoxy) is 1. The van der Waals surface area contributed by atoms with Crippen molar-refractivity contribution in [2.75, 3.05) is 6.61 Å². The van der Waals surface area contributed by atoms with Crippen molar-refractivity contribution in [3.05, 3.63) is 0 Å². The normalized spacial score (nSPS) is 15.2. The molecule has 12 heavy (non-hydrogen) atoms. The number of carbonyl (C=O) groups excluding carboxylic acids is 1. The molecule has 2 heteroatoms. The van der Waals surface area contributed by atoms with Gasteiger partial charge in [-0.05, 0) is 24.7 Å². The van der Waals surface area contributed by atoms with Gasteiger partial charge >= 0.3 is 0 Å². The smallest absolute Gasteiger partial charge is 0.293 e. The average molecular weight is 172 g/mol. The molecule has 0 fully saturated rings. The predicted molar refractivity (Wildman–Crippen MR) is 49.9 cm³/mol. The van der Waals surface area contributed by atoms with Crippen LogP contribution in [0.15, 0.2) is 0 Å². The van der Waals surface area contributed by atoms with Crippen molar-refractivity contribution in [3.8, 4) is 0 Å². The standard InChI is InChI=1S/C10H20O2/c1-4-9(2)10(3)6-5-7-12-8-11/h8-10H,4-7H2,1-3H3. The van der Waals surface area contributed by atoms with Gasteiger partial charge in [-0.2, -0.15) is 0 Å². The van der Waals surface area contributed by atoms with E-state index in [0.717, 1.165) is 24.7 Å². The van der Waals surface area contributed by atoms with Crippen molar-refractivity contribution in [3.63, 3.8) is 0 Å². The summed E-state index contributed by atoms with van der Waals surface area (Å²) in [6.07, 6.45) is 3.38. The maximum absolute atomic E-state index is 9.82. The van der Waals surface area contributed by atoms with Gasteiger partial charge in [0.05, 0.1) is 6.61 Å². The second-order valence-corrected chi connectivity index (χ2v) is 3.47. The van der Waals surface area contributed by atoms with Crippen LogP contribution in [0.3, 0.4) is 0 Å². The maximum atomic E-state index is 9.82. The van der Waals surface area contributed by atoms with Crippen LogP contribution < -0.4 is 0 Å². The molecule has 0 aromatic carbocycles. The van der Waals surface area contributed by atoms with Crippen molar-refractivity contribution in [2.45, 2.75) is 40.0 Å². The molecule has 2 unspecified atom stereocenters. The summed E-state index contributed by atoms with van der Waals surface area (Å²) in [6, 6.07) is 0. The number of carbonyl (C=O) groups is 1. The Labute approximate surface area is 75.3 Å². The summed E-state index contributed by atoms with van der Waals surface area (Å²) in [6.45, 7) is 7.83. The lowest BCUT2D eigenvalue weighted by Gasteiger charge is -2.17. The highest BCUT2D eigenvalue weighted by molar-refractivity contribution is 5.36. The number of rotatable bonds is 7. The molecule has 0 N–H and O–H groups in total. The van der Waals surface area contributed by atoms with E-state index in [1.807, 2.05) is 0 Å². The highest BCUT2D eigenvalue weighted by atomic mass is 16.5. The van der Waals surface area contributed by atoms with Gasteiger partial charge in [0.25, 0.3) is 6.47 Å². The van der Waals surface area contributed by atoms with Crippen LogP contribution in [-0.2, 0) is 9.53 Å². The van der Waals surface area contributed by atoms with Crippen molar-refractivity contribution < 1.29 is 9.53 Å². The summed E-state index contributed by atoms with van der Waals surface area (Å²) >= 11 is 0. The molecular formula is C10H20O2. The van der Waals surface area contributed by atoms with Crippen LogP contribution in [0.25, 0.3) is 0 Å². The van der Waals surface area contributed by atoms with E-state index in [4.69, 9.17) is 0 Å². The summed E-state index contributed by atoms with van der Waals surface area (Å²) in [5.41, 5.74) is 0. The van der Waals surface area contributed by atoms with Gasteiger partial charge < -0.3 is 4.74 Å². The zero-order chi connectivity index (χ0) is 9.40. The first-order valence-corrected chi connectivity index (χ1v) is 4.77. The van der Waals surface area contributed by atoms with E-state index in [-0.39, 0.29) is 0 Å². The number of hydrogen-bond acceptors (Lipinski definition) is 2. The molecule has 0 saturated carbocycles. The van der Waals surface area contributed by atoms with Gasteiger partial charge in [-0.15, -0.1) is 0 Å². The van der Waals surface area contributed by atoms with E-state index >= 15 is 0 Å². The molecule has 0 aromatic rings. The molecule has 0 aliphatic carbocycles. The van der Waals surface area contributed by atoms with Crippen molar-refractivity contribution in [2.24, 2.45) is 11.8 Å². The average Bonchev–Trinajstić information content (AvgIpc) is 2.10. The summed E-state index contributed by atoms with van der Waals surface area (Å²) in [7, 11) is 0. The second-order valence-electron chi connectivity index (χ2n) is 3.47. The van der Waals surface area contributed by atoms with Crippen LogP contribution in [0.2, 0.25) is 0 Å². The lowest BCUT2D eigenvalue weighted by Crippen LogP contribution is -2.07. The Morgan fingerprint density at radius 1 is 1.33 bits per heavy atom. The summed E-state index contributed by atoms with van der Waals surface area (Å²) in [5, 5.41) is 0. The Morgan fingerprint density at radius 2 is 2.00 bits per heavy atom. The van der Waals surface area contributed by atoms with E-state index in [2.05, 4.69) is 25.5 Å². The Hall–Kier alpha value is -0.530. The highest BCUT2D eigenvalue weighted by Crippen LogP contribution is 2.19. The molecule has 0 saturated heterocycles. The zero-order valence-corrected chi connectivity index (χ0v) is 8.38. The van der Waals surface area contributed by atoms with Crippen LogP contribution in [0, 0.1) is 11.8 Å². The van der Waals surface area contributed by atoms with Gasteiger partial charge in [-0.25, -0.2) is 0 Å². The Kier molecular flexibility index (Phi) is 6.82. The van der Waals surface area contributed by atoms with Crippen LogP contribution in [0.4, 0.5) is 0 Å². The maximum Gasteiger partial charge on any atom is 0.293 e. The van der Waals surface area contributed by atoms with Gasteiger partial charge in [0.15, 0.2) is 0 Å². The molecule has 0 aliphatic heterocycles. The Morgan fingerprint density at radius 3 is 2.50 bits per heavy atom. The van der Waals surface area contributed by atoms with Gasteiger partial charge in [0.2, 0.25) is 0 Å². The fraction of sp³-hybridized carbons (Fsp3) is 0.900. The lowest BCUT2D eigenvalue weighted by molar-refractivity contribution is -0.128. The molecule has 0 amide bonds. The third kappa shape index (κ3) is 5.16. The third-order valence-electron chi connectivity index (χ3n) is 2.61. The van der Waals surface area contributed by atoms with Gasteiger partial charge in [-0.1, -0.05) is 27.2 Å².